The van der Waals surface area contributed by atoms with Gasteiger partial charge in [0.15, 0.2) is 5.95 Å². The van der Waals surface area contributed by atoms with E-state index in [0.29, 0.717) is 5.69 Å². The molecule has 5 nitrogen and oxygen atoms in total. The van der Waals surface area contributed by atoms with Crippen LogP contribution in [0.15, 0.2) is 34.9 Å². The number of hydrogen-bond donors (Lipinski definition) is 1. The van der Waals surface area contributed by atoms with Crippen molar-refractivity contribution in [3.8, 4) is 11.6 Å². The lowest BCUT2D eigenvalue weighted by Gasteiger charge is -1.92. The first-order valence-electron chi connectivity index (χ1n) is 4.07. The molecular weight excluding hydrogens is 184 g/mol. The zero-order chi connectivity index (χ0) is 9.97. The second-order valence-corrected chi connectivity index (χ2v) is 2.71. The lowest BCUT2D eigenvalue weighted by atomic mass is 10.3. The first-order valence-corrected chi connectivity index (χ1v) is 4.07. The summed E-state index contributed by atoms with van der Waals surface area (Å²) in [5, 5.41) is 23.5. The highest BCUT2D eigenvalue weighted by Crippen LogP contribution is 2.09. The maximum absolute atomic E-state index is 11.0. The first kappa shape index (κ1) is 8.71. The maximum Gasteiger partial charge on any atom is 0.265 e. The molecule has 0 unspecified atom stereocenters. The largest absolute Gasteiger partial charge is 0.539 e. The van der Waals surface area contributed by atoms with Crippen LogP contribution in [0.1, 0.15) is 5.69 Å². The maximum atomic E-state index is 11.0. The van der Waals surface area contributed by atoms with Crippen LogP contribution >= 0.6 is 0 Å². The van der Waals surface area contributed by atoms with E-state index in [1.54, 1.807) is 12.1 Å². The van der Waals surface area contributed by atoms with Gasteiger partial charge in [0.2, 0.25) is 5.69 Å². The third-order valence-corrected chi connectivity index (χ3v) is 1.85. The molecule has 1 aromatic carbocycles. The molecule has 5 heteroatoms. The monoisotopic (exact) mass is 192 g/mol. The lowest BCUT2D eigenvalue weighted by Crippen LogP contribution is -2.36. The highest BCUT2D eigenvalue weighted by Gasteiger charge is 2.18. The van der Waals surface area contributed by atoms with Crippen molar-refractivity contribution in [1.29, 1.82) is 0 Å². The number of hydrogen-bond acceptors (Lipinski definition) is 4. The van der Waals surface area contributed by atoms with E-state index < -0.39 is 12.6 Å². The topological polar surface area (TPSA) is 73.2 Å². The second-order valence-electron chi connectivity index (χ2n) is 2.71. The summed E-state index contributed by atoms with van der Waals surface area (Å²) < 4.78 is 5.72. The fourth-order valence-corrected chi connectivity index (χ4v) is 1.17. The summed E-state index contributed by atoms with van der Waals surface area (Å²) in [4.78, 5) is 0. The van der Waals surface area contributed by atoms with Gasteiger partial charge in [0.1, 0.15) is 6.61 Å². The summed E-state index contributed by atoms with van der Waals surface area (Å²) in [5.41, 5.74) is 0.804. The molecule has 1 heterocycles. The number of rotatable bonds is 2. The molecule has 2 rings (SSSR count). The number of aromatic nitrogens is 2. The Morgan fingerprint density at radius 2 is 2.07 bits per heavy atom. The van der Waals surface area contributed by atoms with Crippen molar-refractivity contribution in [3.05, 3.63) is 36.0 Å². The van der Waals surface area contributed by atoms with Crippen molar-refractivity contribution in [2.45, 2.75) is 6.61 Å². The fourth-order valence-electron chi connectivity index (χ4n) is 1.17. The van der Waals surface area contributed by atoms with Gasteiger partial charge in [0, 0.05) is 12.1 Å². The van der Waals surface area contributed by atoms with E-state index in [4.69, 9.17) is 5.11 Å². The van der Waals surface area contributed by atoms with Gasteiger partial charge in [0.25, 0.3) is 5.69 Å². The van der Waals surface area contributed by atoms with Crippen LogP contribution in [0.2, 0.25) is 0 Å². The first-order chi connectivity index (χ1) is 6.83. The molecule has 1 aromatic heterocycles. The molecule has 0 saturated heterocycles. The summed E-state index contributed by atoms with van der Waals surface area (Å²) >= 11 is 0. The Bertz CT molecular complexity index is 425. The highest BCUT2D eigenvalue weighted by molar-refractivity contribution is 5.22. The molecule has 1 N–H and O–H groups in total. The van der Waals surface area contributed by atoms with Gasteiger partial charge in [-0.3, -0.25) is 0 Å². The minimum absolute atomic E-state index is 0.121. The standard InChI is InChI=1S/C9H8N2O3/c12-6-8-9(13)14-10-11(8)7-4-2-1-3-5-7/h1-5,12H,6H2. The molecule has 0 aliphatic carbocycles. The highest BCUT2D eigenvalue weighted by atomic mass is 16.6. The molecule has 0 atom stereocenters. The van der Waals surface area contributed by atoms with Gasteiger partial charge in [-0.1, -0.05) is 18.2 Å². The molecule has 0 radical (unpaired) electrons. The summed E-state index contributed by atoms with van der Waals surface area (Å²) in [7, 11) is 0. The third kappa shape index (κ3) is 1.33. The summed E-state index contributed by atoms with van der Waals surface area (Å²) in [6, 6.07) is 8.99. The van der Waals surface area contributed by atoms with Crippen LogP contribution in [-0.2, 0) is 6.61 Å². The number of benzene rings is 1. The van der Waals surface area contributed by atoms with Gasteiger partial charge in [0.05, 0.1) is 5.27 Å². The SMILES string of the molecule is [O-]c1on[n+](-c2ccccc2)c1CO. The van der Waals surface area contributed by atoms with Crippen molar-refractivity contribution in [2.75, 3.05) is 0 Å². The van der Waals surface area contributed by atoms with Crippen LogP contribution in [0.5, 0.6) is 5.95 Å². The van der Waals surface area contributed by atoms with Crippen LogP contribution < -0.4 is 9.79 Å². The third-order valence-electron chi connectivity index (χ3n) is 1.85. The smallest absolute Gasteiger partial charge is 0.265 e. The van der Waals surface area contributed by atoms with Gasteiger partial charge < -0.3 is 14.7 Å². The molecule has 0 aliphatic rings. The average molecular weight is 192 g/mol. The Morgan fingerprint density at radius 3 is 2.71 bits per heavy atom. The minimum Gasteiger partial charge on any atom is -0.539 e. The van der Waals surface area contributed by atoms with Crippen LogP contribution in [0.3, 0.4) is 0 Å². The molecule has 0 amide bonds. The molecule has 0 fully saturated rings. The number of nitrogens with zero attached hydrogens (tertiary/aromatic N) is 2. The van der Waals surface area contributed by atoms with E-state index in [2.05, 4.69) is 9.79 Å². The summed E-state index contributed by atoms with van der Waals surface area (Å²) in [5.74, 6) is -0.614. The van der Waals surface area contributed by atoms with Crippen molar-refractivity contribution in [2.24, 2.45) is 0 Å². The molecule has 72 valence electrons. The molecule has 0 spiro atoms. The predicted octanol–water partition coefficient (Wildman–Crippen LogP) is -0.483. The zero-order valence-corrected chi connectivity index (χ0v) is 7.25. The van der Waals surface area contributed by atoms with Crippen LogP contribution in [0.4, 0.5) is 0 Å². The number of aliphatic hydroxyl groups excluding tert-OH is 1. The van der Waals surface area contributed by atoms with Crippen LogP contribution in [0, 0.1) is 0 Å². The Morgan fingerprint density at radius 1 is 1.36 bits per heavy atom. The Labute approximate surface area is 79.8 Å². The molecule has 0 saturated carbocycles. The zero-order valence-electron chi connectivity index (χ0n) is 7.25. The minimum atomic E-state index is -0.614. The van der Waals surface area contributed by atoms with Crippen LogP contribution in [0.25, 0.3) is 5.69 Å². The van der Waals surface area contributed by atoms with E-state index in [1.165, 1.54) is 4.68 Å². The summed E-state index contributed by atoms with van der Waals surface area (Å²) in [6.07, 6.45) is 0. The van der Waals surface area contributed by atoms with Gasteiger partial charge in [-0.05, 0) is 4.68 Å². The molecular formula is C9H8N2O3. The van der Waals surface area contributed by atoms with Crippen LogP contribution in [-0.4, -0.2) is 10.4 Å². The number of para-hydroxylation sites is 1. The van der Waals surface area contributed by atoms with E-state index in [-0.39, 0.29) is 5.69 Å². The Hall–Kier alpha value is -1.88. The molecule has 0 aliphatic heterocycles. The van der Waals surface area contributed by atoms with Gasteiger partial charge in [-0.25, -0.2) is 0 Å². The molecule has 2 aromatic rings. The second kappa shape index (κ2) is 3.47. The Kier molecular flexibility index (Phi) is 2.16. The van der Waals surface area contributed by atoms with Gasteiger partial charge in [-0.15, -0.1) is 0 Å². The van der Waals surface area contributed by atoms with E-state index in [0.717, 1.165) is 0 Å². The van der Waals surface area contributed by atoms with Gasteiger partial charge in [-0.2, -0.15) is 0 Å². The predicted molar refractivity (Wildman–Crippen MR) is 43.4 cm³/mol. The summed E-state index contributed by atoms with van der Waals surface area (Å²) in [6.45, 7) is -0.392. The van der Waals surface area contributed by atoms with E-state index in [9.17, 15) is 5.11 Å². The van der Waals surface area contributed by atoms with E-state index in [1.807, 2.05) is 18.2 Å². The molecule has 14 heavy (non-hydrogen) atoms. The lowest BCUT2D eigenvalue weighted by molar-refractivity contribution is -0.679. The number of aliphatic hydroxyl groups is 1. The van der Waals surface area contributed by atoms with Crippen molar-refractivity contribution < 1.29 is 19.4 Å². The van der Waals surface area contributed by atoms with Gasteiger partial charge >= 0.3 is 0 Å². The fraction of sp³-hybridized carbons (Fsp3) is 0.111. The van der Waals surface area contributed by atoms with Crippen molar-refractivity contribution in [1.82, 2.24) is 5.27 Å². The Balaban J connectivity index is 2.52. The van der Waals surface area contributed by atoms with Crippen molar-refractivity contribution >= 4 is 0 Å². The van der Waals surface area contributed by atoms with Crippen molar-refractivity contribution in [3.63, 3.8) is 0 Å². The van der Waals surface area contributed by atoms with E-state index >= 15 is 0 Å². The normalized spacial score (nSPS) is 10.4. The molecule has 0 bridgehead atoms. The quantitative estimate of drug-likeness (QED) is 0.652. The average Bonchev–Trinajstić information content (AvgIpc) is 2.61.